The summed E-state index contributed by atoms with van der Waals surface area (Å²) < 4.78 is 10.2. The van der Waals surface area contributed by atoms with Crippen molar-refractivity contribution in [2.45, 2.75) is 32.3 Å². The SMILES string of the molecule is CCC(c1cc(OC)c(OC)cc1[N+](=O)[O-])C(C)O. The van der Waals surface area contributed by atoms with E-state index in [-0.39, 0.29) is 11.6 Å². The average Bonchev–Trinajstić information content (AvgIpc) is 2.38. The van der Waals surface area contributed by atoms with E-state index in [1.54, 1.807) is 13.0 Å². The molecule has 19 heavy (non-hydrogen) atoms. The Kier molecular flexibility index (Phi) is 5.11. The van der Waals surface area contributed by atoms with E-state index in [1.165, 1.54) is 20.3 Å². The number of hydrogen-bond acceptors (Lipinski definition) is 5. The third-order valence-electron chi connectivity index (χ3n) is 3.15. The average molecular weight is 269 g/mol. The highest BCUT2D eigenvalue weighted by Gasteiger charge is 2.27. The van der Waals surface area contributed by atoms with Crippen molar-refractivity contribution in [2.75, 3.05) is 14.2 Å². The van der Waals surface area contributed by atoms with Gasteiger partial charge in [0.2, 0.25) is 0 Å². The number of nitro benzene ring substituents is 1. The van der Waals surface area contributed by atoms with Gasteiger partial charge in [-0.2, -0.15) is 0 Å². The van der Waals surface area contributed by atoms with Gasteiger partial charge in [-0.05, 0) is 19.4 Å². The number of benzene rings is 1. The minimum absolute atomic E-state index is 0.0644. The van der Waals surface area contributed by atoms with Gasteiger partial charge in [-0.15, -0.1) is 0 Å². The largest absolute Gasteiger partial charge is 0.493 e. The maximum absolute atomic E-state index is 11.2. The smallest absolute Gasteiger partial charge is 0.276 e. The molecule has 106 valence electrons. The molecule has 1 N–H and O–H groups in total. The van der Waals surface area contributed by atoms with Crippen LogP contribution >= 0.6 is 0 Å². The first kappa shape index (κ1) is 15.2. The lowest BCUT2D eigenvalue weighted by atomic mass is 9.90. The second kappa shape index (κ2) is 6.38. The molecule has 0 aliphatic heterocycles. The van der Waals surface area contributed by atoms with Gasteiger partial charge < -0.3 is 14.6 Å². The van der Waals surface area contributed by atoms with Crippen LogP contribution in [0, 0.1) is 10.1 Å². The van der Waals surface area contributed by atoms with Gasteiger partial charge in [0.1, 0.15) is 0 Å². The maximum Gasteiger partial charge on any atom is 0.276 e. The Balaban J connectivity index is 3.46. The highest BCUT2D eigenvalue weighted by Crippen LogP contribution is 2.39. The topological polar surface area (TPSA) is 81.8 Å². The van der Waals surface area contributed by atoms with Crippen molar-refractivity contribution >= 4 is 5.69 Å². The number of nitro groups is 1. The quantitative estimate of drug-likeness (QED) is 0.633. The van der Waals surface area contributed by atoms with E-state index in [1.807, 2.05) is 6.92 Å². The minimum atomic E-state index is -0.679. The van der Waals surface area contributed by atoms with Crippen molar-refractivity contribution in [3.8, 4) is 11.5 Å². The van der Waals surface area contributed by atoms with E-state index in [9.17, 15) is 15.2 Å². The second-order valence-corrected chi connectivity index (χ2v) is 4.28. The molecule has 0 saturated heterocycles. The predicted molar refractivity (Wildman–Crippen MR) is 70.9 cm³/mol. The molecule has 0 spiro atoms. The maximum atomic E-state index is 11.2. The normalized spacial score (nSPS) is 13.7. The molecule has 2 atom stereocenters. The highest BCUT2D eigenvalue weighted by atomic mass is 16.6. The zero-order valence-corrected chi connectivity index (χ0v) is 11.5. The summed E-state index contributed by atoms with van der Waals surface area (Å²) in [4.78, 5) is 10.7. The van der Waals surface area contributed by atoms with Crippen LogP contribution in [0.4, 0.5) is 5.69 Å². The highest BCUT2D eigenvalue weighted by molar-refractivity contribution is 5.55. The summed E-state index contributed by atoms with van der Waals surface area (Å²) in [5.41, 5.74) is 0.394. The first-order valence-electron chi connectivity index (χ1n) is 6.04. The zero-order valence-electron chi connectivity index (χ0n) is 11.5. The van der Waals surface area contributed by atoms with Gasteiger partial charge in [-0.1, -0.05) is 6.92 Å². The van der Waals surface area contributed by atoms with Gasteiger partial charge in [-0.3, -0.25) is 10.1 Å². The molecule has 0 bridgehead atoms. The molecule has 1 aromatic carbocycles. The third kappa shape index (κ3) is 3.14. The fourth-order valence-corrected chi connectivity index (χ4v) is 2.16. The van der Waals surface area contributed by atoms with Crippen LogP contribution in [0.3, 0.4) is 0 Å². The van der Waals surface area contributed by atoms with E-state index < -0.39 is 11.0 Å². The molecule has 2 unspecified atom stereocenters. The Morgan fingerprint density at radius 2 is 1.84 bits per heavy atom. The van der Waals surface area contributed by atoms with Crippen molar-refractivity contribution in [1.29, 1.82) is 0 Å². The Labute approximate surface area is 112 Å². The Morgan fingerprint density at radius 1 is 1.32 bits per heavy atom. The number of ether oxygens (including phenoxy) is 2. The summed E-state index contributed by atoms with van der Waals surface area (Å²) in [5, 5.41) is 20.9. The van der Waals surface area contributed by atoms with Crippen LogP contribution in [-0.2, 0) is 0 Å². The molecular weight excluding hydrogens is 250 g/mol. The lowest BCUT2D eigenvalue weighted by Gasteiger charge is -2.20. The Hall–Kier alpha value is -1.82. The summed E-state index contributed by atoms with van der Waals surface area (Å²) in [7, 11) is 2.89. The van der Waals surface area contributed by atoms with E-state index in [2.05, 4.69) is 0 Å². The fraction of sp³-hybridized carbons (Fsp3) is 0.538. The zero-order chi connectivity index (χ0) is 14.6. The summed E-state index contributed by atoms with van der Waals surface area (Å²) in [5.74, 6) is 0.404. The second-order valence-electron chi connectivity index (χ2n) is 4.28. The number of aliphatic hydroxyl groups is 1. The molecule has 0 fully saturated rings. The number of nitrogens with zero attached hydrogens (tertiary/aromatic N) is 1. The van der Waals surface area contributed by atoms with Crippen LogP contribution in [0.2, 0.25) is 0 Å². The lowest BCUT2D eigenvalue weighted by molar-refractivity contribution is -0.385. The van der Waals surface area contributed by atoms with Crippen molar-refractivity contribution < 1.29 is 19.5 Å². The number of aliphatic hydroxyl groups excluding tert-OH is 1. The standard InChI is InChI=1S/C13H19NO5/c1-5-9(8(2)15)10-6-12(18-3)13(19-4)7-11(10)14(16)17/h6-9,15H,5H2,1-4H3. The van der Waals surface area contributed by atoms with Gasteiger partial charge in [0, 0.05) is 11.5 Å². The summed E-state index contributed by atoms with van der Waals surface area (Å²) in [6.45, 7) is 3.49. The fourth-order valence-electron chi connectivity index (χ4n) is 2.16. The molecule has 6 nitrogen and oxygen atoms in total. The van der Waals surface area contributed by atoms with E-state index in [0.717, 1.165) is 0 Å². The van der Waals surface area contributed by atoms with Gasteiger partial charge >= 0.3 is 0 Å². The number of methoxy groups -OCH3 is 2. The summed E-state index contributed by atoms with van der Waals surface area (Å²) in [6.07, 6.45) is -0.0876. The first-order valence-corrected chi connectivity index (χ1v) is 6.04. The summed E-state index contributed by atoms with van der Waals surface area (Å²) >= 11 is 0. The summed E-state index contributed by atoms with van der Waals surface area (Å²) in [6, 6.07) is 2.90. The monoisotopic (exact) mass is 269 g/mol. The van der Waals surface area contributed by atoms with Gasteiger partial charge in [0.05, 0.1) is 31.3 Å². The van der Waals surface area contributed by atoms with Crippen LogP contribution in [0.5, 0.6) is 11.5 Å². The third-order valence-corrected chi connectivity index (χ3v) is 3.15. The van der Waals surface area contributed by atoms with Gasteiger partial charge in [-0.25, -0.2) is 0 Å². The molecule has 0 amide bonds. The van der Waals surface area contributed by atoms with Gasteiger partial charge in [0.15, 0.2) is 11.5 Å². The minimum Gasteiger partial charge on any atom is -0.493 e. The van der Waals surface area contributed by atoms with Crippen molar-refractivity contribution in [1.82, 2.24) is 0 Å². The molecular formula is C13H19NO5. The van der Waals surface area contributed by atoms with Crippen LogP contribution in [0.15, 0.2) is 12.1 Å². The first-order chi connectivity index (χ1) is 8.96. The Morgan fingerprint density at radius 3 is 2.21 bits per heavy atom. The molecule has 6 heteroatoms. The molecule has 0 aliphatic carbocycles. The number of rotatable bonds is 6. The molecule has 1 aromatic rings. The van der Waals surface area contributed by atoms with Crippen LogP contribution < -0.4 is 9.47 Å². The predicted octanol–water partition coefficient (Wildman–Crippen LogP) is 2.49. The van der Waals surface area contributed by atoms with E-state index >= 15 is 0 Å². The molecule has 1 rings (SSSR count). The van der Waals surface area contributed by atoms with Crippen LogP contribution in [-0.4, -0.2) is 30.4 Å². The van der Waals surface area contributed by atoms with E-state index in [4.69, 9.17) is 9.47 Å². The molecule has 0 aromatic heterocycles. The molecule has 0 heterocycles. The molecule has 0 aliphatic rings. The van der Waals surface area contributed by atoms with Crippen LogP contribution in [0.25, 0.3) is 0 Å². The Bertz CT molecular complexity index is 459. The van der Waals surface area contributed by atoms with Crippen molar-refractivity contribution in [2.24, 2.45) is 0 Å². The van der Waals surface area contributed by atoms with Crippen LogP contribution in [0.1, 0.15) is 31.7 Å². The number of hydrogen-bond donors (Lipinski definition) is 1. The molecule has 0 radical (unpaired) electrons. The lowest BCUT2D eigenvalue weighted by Crippen LogP contribution is -2.15. The van der Waals surface area contributed by atoms with E-state index in [0.29, 0.717) is 23.5 Å². The molecule has 0 saturated carbocycles. The van der Waals surface area contributed by atoms with Crippen molar-refractivity contribution in [3.05, 3.63) is 27.8 Å². The van der Waals surface area contributed by atoms with Crippen molar-refractivity contribution in [3.63, 3.8) is 0 Å². The van der Waals surface area contributed by atoms with Gasteiger partial charge in [0.25, 0.3) is 5.69 Å².